The third kappa shape index (κ3) is 5.17. The number of fused-ring (bicyclic) bond motifs is 2. The number of piperazine rings is 1. The Morgan fingerprint density at radius 1 is 0.838 bits per heavy atom. The fourth-order valence-electron chi connectivity index (χ4n) is 5.16. The number of hydrogen-bond donors (Lipinski definition) is 1. The van der Waals surface area contributed by atoms with E-state index in [2.05, 4.69) is 28.1 Å². The molecule has 1 N–H and O–H groups in total. The van der Waals surface area contributed by atoms with Crippen LogP contribution in [-0.4, -0.2) is 61.6 Å². The van der Waals surface area contributed by atoms with Crippen molar-refractivity contribution in [2.75, 3.05) is 44.2 Å². The van der Waals surface area contributed by atoms with Crippen molar-refractivity contribution in [3.63, 3.8) is 0 Å². The maximum atomic E-state index is 12.9. The average molecular weight is 516 g/mol. The fraction of sp³-hybridized carbons (Fsp3) is 0.300. The monoisotopic (exact) mass is 515 g/mol. The largest absolute Gasteiger partial charge is 0.369 e. The Labute approximate surface area is 222 Å². The minimum Gasteiger partial charge on any atom is -0.369 e. The Hall–Kier alpha value is -3.48. The number of rotatable bonds is 7. The van der Waals surface area contributed by atoms with Crippen LogP contribution in [0.15, 0.2) is 60.7 Å². The molecule has 1 amide bonds. The van der Waals surface area contributed by atoms with Gasteiger partial charge in [-0.1, -0.05) is 41.9 Å². The van der Waals surface area contributed by atoms with Crippen molar-refractivity contribution in [2.24, 2.45) is 0 Å². The van der Waals surface area contributed by atoms with Crippen molar-refractivity contribution < 1.29 is 14.4 Å². The molecule has 6 nitrogen and oxygen atoms in total. The first-order chi connectivity index (χ1) is 17.9. The normalized spacial score (nSPS) is 15.4. The van der Waals surface area contributed by atoms with E-state index in [0.29, 0.717) is 34.4 Å². The summed E-state index contributed by atoms with van der Waals surface area (Å²) in [6, 6.07) is 17.6. The second-order valence-corrected chi connectivity index (χ2v) is 10.0. The van der Waals surface area contributed by atoms with Crippen molar-refractivity contribution in [1.82, 2.24) is 10.2 Å². The number of carbonyl (C=O) groups is 3. The molecule has 0 aromatic heterocycles. The molecule has 0 radical (unpaired) electrons. The lowest BCUT2D eigenvalue weighted by Crippen LogP contribution is -2.46. The minimum atomic E-state index is -0.229. The van der Waals surface area contributed by atoms with E-state index in [1.165, 1.54) is 5.69 Å². The summed E-state index contributed by atoms with van der Waals surface area (Å²) in [5.74, 6) is -0.626. The summed E-state index contributed by atoms with van der Waals surface area (Å²) in [5, 5.41) is 3.76. The highest BCUT2D eigenvalue weighted by molar-refractivity contribution is 6.31. The molecule has 7 heteroatoms. The summed E-state index contributed by atoms with van der Waals surface area (Å²) in [6.07, 6.45) is 1.86. The third-order valence-electron chi connectivity index (χ3n) is 7.33. The Kier molecular flexibility index (Phi) is 7.40. The number of amides is 1. The first-order valence-electron chi connectivity index (χ1n) is 12.8. The predicted octanol–water partition coefficient (Wildman–Crippen LogP) is 4.76. The molecule has 0 unspecified atom stereocenters. The van der Waals surface area contributed by atoms with Crippen LogP contribution in [0, 0.1) is 6.92 Å². The van der Waals surface area contributed by atoms with Crippen molar-refractivity contribution in [3.05, 3.63) is 99.1 Å². The third-order valence-corrected chi connectivity index (χ3v) is 7.74. The lowest BCUT2D eigenvalue weighted by molar-refractivity contribution is 0.0950. The molecule has 3 aromatic rings. The average Bonchev–Trinajstić information content (AvgIpc) is 2.93. The lowest BCUT2D eigenvalue weighted by atomic mass is 9.83. The number of nitrogens with one attached hydrogen (secondary N) is 1. The number of halogens is 1. The van der Waals surface area contributed by atoms with Crippen molar-refractivity contribution in [2.45, 2.75) is 19.8 Å². The van der Waals surface area contributed by atoms with Crippen LogP contribution < -0.4 is 10.2 Å². The fourth-order valence-corrected chi connectivity index (χ4v) is 5.33. The Morgan fingerprint density at radius 2 is 1.51 bits per heavy atom. The summed E-state index contributed by atoms with van der Waals surface area (Å²) in [4.78, 5) is 43.3. The highest BCUT2D eigenvalue weighted by Crippen LogP contribution is 2.28. The van der Waals surface area contributed by atoms with Gasteiger partial charge in [-0.25, -0.2) is 0 Å². The van der Waals surface area contributed by atoms with E-state index >= 15 is 0 Å². The maximum absolute atomic E-state index is 12.9. The van der Waals surface area contributed by atoms with Crippen LogP contribution in [-0.2, 0) is 0 Å². The topological polar surface area (TPSA) is 69.7 Å². The minimum absolute atomic E-state index is 0.180. The predicted molar refractivity (Wildman–Crippen MR) is 146 cm³/mol. The molecule has 0 atom stereocenters. The summed E-state index contributed by atoms with van der Waals surface area (Å²) >= 11 is 6.29. The second kappa shape index (κ2) is 10.9. The van der Waals surface area contributed by atoms with Crippen LogP contribution in [0.1, 0.15) is 60.6 Å². The number of carbonyl (C=O) groups excluding carboxylic acids is 3. The zero-order valence-corrected chi connectivity index (χ0v) is 21.7. The Balaban J connectivity index is 1.08. The molecule has 37 heavy (non-hydrogen) atoms. The molecule has 1 aliphatic carbocycles. The highest BCUT2D eigenvalue weighted by Gasteiger charge is 2.30. The summed E-state index contributed by atoms with van der Waals surface area (Å²) < 4.78 is 0. The van der Waals surface area contributed by atoms with Gasteiger partial charge in [0.1, 0.15) is 0 Å². The van der Waals surface area contributed by atoms with E-state index in [4.69, 9.17) is 11.6 Å². The van der Waals surface area contributed by atoms with Crippen molar-refractivity contribution >= 4 is 34.8 Å². The van der Waals surface area contributed by atoms with Gasteiger partial charge in [0.2, 0.25) is 0 Å². The number of benzene rings is 3. The van der Waals surface area contributed by atoms with Crippen LogP contribution in [0.5, 0.6) is 0 Å². The van der Waals surface area contributed by atoms with Crippen molar-refractivity contribution in [3.8, 4) is 0 Å². The van der Waals surface area contributed by atoms with Gasteiger partial charge in [0.25, 0.3) is 5.91 Å². The zero-order chi connectivity index (χ0) is 25.9. The van der Waals surface area contributed by atoms with E-state index in [-0.39, 0.29) is 17.5 Å². The molecule has 0 bridgehead atoms. The quantitative estimate of drug-likeness (QED) is 0.359. The molecule has 1 saturated heterocycles. The van der Waals surface area contributed by atoms with Gasteiger partial charge in [0.05, 0.1) is 0 Å². The molecular weight excluding hydrogens is 486 g/mol. The number of nitrogens with zero attached hydrogens (tertiary/aromatic N) is 2. The smallest absolute Gasteiger partial charge is 0.251 e. The molecule has 190 valence electrons. The van der Waals surface area contributed by atoms with Gasteiger partial charge in [-0.15, -0.1) is 0 Å². The van der Waals surface area contributed by atoms with Crippen LogP contribution >= 0.6 is 11.6 Å². The molecule has 1 fully saturated rings. The SMILES string of the molecule is Cc1c(Cl)cccc1N1CCN(CCCCNC(=O)c2ccc3c(c2)C(=O)c2ccccc2C3=O)CC1. The zero-order valence-electron chi connectivity index (χ0n) is 20.9. The maximum Gasteiger partial charge on any atom is 0.251 e. The molecule has 2 aliphatic rings. The summed E-state index contributed by atoms with van der Waals surface area (Å²) in [6.45, 7) is 7.58. The number of unbranched alkanes of at least 4 members (excludes halogenated alkanes) is 1. The van der Waals surface area contributed by atoms with Gasteiger partial charge in [0.15, 0.2) is 11.6 Å². The first-order valence-corrected chi connectivity index (χ1v) is 13.1. The molecule has 5 rings (SSSR count). The highest BCUT2D eigenvalue weighted by atomic mass is 35.5. The van der Waals surface area contributed by atoms with Crippen molar-refractivity contribution in [1.29, 1.82) is 0 Å². The Bertz CT molecular complexity index is 1360. The summed E-state index contributed by atoms with van der Waals surface area (Å²) in [5.41, 5.74) is 4.20. The first kappa shape index (κ1) is 25.2. The molecule has 0 spiro atoms. The number of ketones is 2. The van der Waals surface area contributed by atoms with E-state index < -0.39 is 0 Å². The van der Waals surface area contributed by atoms with E-state index in [1.54, 1.807) is 42.5 Å². The summed E-state index contributed by atoms with van der Waals surface area (Å²) in [7, 11) is 0. The molecular formula is C30H30ClN3O3. The van der Waals surface area contributed by atoms with E-state index in [9.17, 15) is 14.4 Å². The van der Waals surface area contributed by atoms with Gasteiger partial charge in [-0.05, 0) is 62.2 Å². The van der Waals surface area contributed by atoms with Gasteiger partial charge in [0, 0.05) is 71.3 Å². The molecule has 3 aromatic carbocycles. The Morgan fingerprint density at radius 3 is 2.24 bits per heavy atom. The van der Waals surface area contributed by atoms with Gasteiger partial charge in [-0.2, -0.15) is 0 Å². The van der Waals surface area contributed by atoms with Gasteiger partial charge >= 0.3 is 0 Å². The van der Waals surface area contributed by atoms with Crippen LogP contribution in [0.2, 0.25) is 5.02 Å². The molecule has 0 saturated carbocycles. The lowest BCUT2D eigenvalue weighted by Gasteiger charge is -2.37. The van der Waals surface area contributed by atoms with Crippen LogP contribution in [0.25, 0.3) is 0 Å². The number of anilines is 1. The molecule has 1 heterocycles. The second-order valence-electron chi connectivity index (χ2n) is 9.64. The van der Waals surface area contributed by atoms with Crippen LogP contribution in [0.4, 0.5) is 5.69 Å². The van der Waals surface area contributed by atoms with E-state index in [1.807, 2.05) is 12.1 Å². The van der Waals surface area contributed by atoms with Gasteiger partial charge in [-0.3, -0.25) is 19.3 Å². The van der Waals surface area contributed by atoms with E-state index in [0.717, 1.165) is 56.2 Å². The van der Waals surface area contributed by atoms with Crippen LogP contribution in [0.3, 0.4) is 0 Å². The molecule has 1 aliphatic heterocycles. The van der Waals surface area contributed by atoms with Gasteiger partial charge < -0.3 is 10.2 Å². The standard InChI is InChI=1S/C30H30ClN3O3/c1-20-26(31)9-6-10-27(20)34-17-15-33(16-18-34)14-5-4-13-32-30(37)21-11-12-24-25(19-21)29(36)23-8-3-2-7-22(23)28(24)35/h2-3,6-12,19H,4-5,13-18H2,1H3,(H,32,37). The number of hydrogen-bond acceptors (Lipinski definition) is 5.